The molecule has 1 fully saturated rings. The molecule has 2 rings (SSSR count). The maximum atomic E-state index is 12.2. The minimum Gasteiger partial charge on any atom is -0.340 e. The van der Waals surface area contributed by atoms with Crippen molar-refractivity contribution in [2.75, 3.05) is 26.2 Å². The molecule has 1 aromatic carbocycles. The SMILES string of the molecule is CC(C)(C)C(=O)N1CCN(Cc2cccc([N+](=O)[O-])c2)CC1. The average molecular weight is 305 g/mol. The van der Waals surface area contributed by atoms with E-state index in [4.69, 9.17) is 0 Å². The van der Waals surface area contributed by atoms with E-state index >= 15 is 0 Å². The first-order valence-electron chi connectivity index (χ1n) is 7.52. The lowest BCUT2D eigenvalue weighted by atomic mass is 9.94. The quantitative estimate of drug-likeness (QED) is 0.635. The van der Waals surface area contributed by atoms with Gasteiger partial charge in [0.2, 0.25) is 5.91 Å². The molecule has 1 aromatic rings. The molecule has 0 aliphatic carbocycles. The summed E-state index contributed by atoms with van der Waals surface area (Å²) in [5.74, 6) is 0.183. The van der Waals surface area contributed by atoms with E-state index in [-0.39, 0.29) is 21.9 Å². The Labute approximate surface area is 130 Å². The fourth-order valence-electron chi connectivity index (χ4n) is 2.61. The summed E-state index contributed by atoms with van der Waals surface area (Å²) in [4.78, 5) is 26.8. The first-order chi connectivity index (χ1) is 10.3. The van der Waals surface area contributed by atoms with Crippen molar-refractivity contribution in [1.82, 2.24) is 9.80 Å². The molecule has 1 amide bonds. The molecule has 6 nitrogen and oxygen atoms in total. The fraction of sp³-hybridized carbons (Fsp3) is 0.562. The van der Waals surface area contributed by atoms with Gasteiger partial charge in [-0.25, -0.2) is 0 Å². The van der Waals surface area contributed by atoms with Crippen molar-refractivity contribution < 1.29 is 9.72 Å². The predicted octanol–water partition coefficient (Wildman–Crippen LogP) is 2.29. The van der Waals surface area contributed by atoms with Crippen LogP contribution >= 0.6 is 0 Å². The first-order valence-corrected chi connectivity index (χ1v) is 7.52. The van der Waals surface area contributed by atoms with E-state index in [2.05, 4.69) is 4.90 Å². The van der Waals surface area contributed by atoms with Crippen molar-refractivity contribution in [3.8, 4) is 0 Å². The molecule has 1 aliphatic rings. The van der Waals surface area contributed by atoms with Gasteiger partial charge in [0.25, 0.3) is 5.69 Å². The molecule has 120 valence electrons. The minimum atomic E-state index is -0.372. The van der Waals surface area contributed by atoms with Gasteiger partial charge in [0.1, 0.15) is 0 Å². The second-order valence-electron chi connectivity index (χ2n) is 6.75. The van der Waals surface area contributed by atoms with E-state index in [0.29, 0.717) is 19.6 Å². The van der Waals surface area contributed by atoms with Crippen molar-refractivity contribution in [3.63, 3.8) is 0 Å². The zero-order chi connectivity index (χ0) is 16.3. The van der Waals surface area contributed by atoms with E-state index in [1.165, 1.54) is 6.07 Å². The Morgan fingerprint density at radius 2 is 1.86 bits per heavy atom. The molecule has 0 spiro atoms. The van der Waals surface area contributed by atoms with Crippen LogP contribution in [0.15, 0.2) is 24.3 Å². The number of hydrogen-bond donors (Lipinski definition) is 0. The third-order valence-electron chi connectivity index (χ3n) is 3.83. The van der Waals surface area contributed by atoms with Gasteiger partial charge in [-0.1, -0.05) is 32.9 Å². The molecule has 22 heavy (non-hydrogen) atoms. The summed E-state index contributed by atoms with van der Waals surface area (Å²) in [5.41, 5.74) is 0.714. The maximum Gasteiger partial charge on any atom is 0.269 e. The molecule has 1 heterocycles. The van der Waals surface area contributed by atoms with Crippen LogP contribution in [0.3, 0.4) is 0 Å². The van der Waals surface area contributed by atoms with Crippen molar-refractivity contribution in [2.45, 2.75) is 27.3 Å². The van der Waals surface area contributed by atoms with E-state index < -0.39 is 0 Å². The van der Waals surface area contributed by atoms with Crippen molar-refractivity contribution in [3.05, 3.63) is 39.9 Å². The molecule has 0 bridgehead atoms. The molecular formula is C16H23N3O3. The Balaban J connectivity index is 1.91. The number of piperazine rings is 1. The number of carbonyl (C=O) groups excluding carboxylic acids is 1. The van der Waals surface area contributed by atoms with Gasteiger partial charge >= 0.3 is 0 Å². The topological polar surface area (TPSA) is 66.7 Å². The normalized spacial score (nSPS) is 16.6. The molecule has 0 atom stereocenters. The maximum absolute atomic E-state index is 12.2. The zero-order valence-corrected chi connectivity index (χ0v) is 13.4. The first kappa shape index (κ1) is 16.4. The van der Waals surface area contributed by atoms with Crippen LogP contribution in [0.2, 0.25) is 0 Å². The van der Waals surface area contributed by atoms with E-state index in [1.807, 2.05) is 31.7 Å². The van der Waals surface area contributed by atoms with Gasteiger partial charge in [0.15, 0.2) is 0 Å². The highest BCUT2D eigenvalue weighted by Gasteiger charge is 2.29. The van der Waals surface area contributed by atoms with Gasteiger partial charge < -0.3 is 4.90 Å². The van der Waals surface area contributed by atoms with Crippen molar-refractivity contribution >= 4 is 11.6 Å². The summed E-state index contributed by atoms with van der Waals surface area (Å²) in [6, 6.07) is 6.74. The Hall–Kier alpha value is -1.95. The van der Waals surface area contributed by atoms with Gasteiger partial charge in [-0.05, 0) is 5.56 Å². The van der Waals surface area contributed by atoms with Gasteiger partial charge in [0, 0.05) is 50.3 Å². The monoisotopic (exact) mass is 305 g/mol. The molecule has 0 unspecified atom stereocenters. The number of rotatable bonds is 3. The Morgan fingerprint density at radius 3 is 2.41 bits per heavy atom. The summed E-state index contributed by atoms with van der Waals surface area (Å²) >= 11 is 0. The highest BCUT2D eigenvalue weighted by molar-refractivity contribution is 5.81. The molecule has 0 radical (unpaired) electrons. The molecule has 1 saturated heterocycles. The standard InChI is InChI=1S/C16H23N3O3/c1-16(2,3)15(20)18-9-7-17(8-10-18)12-13-5-4-6-14(11-13)19(21)22/h4-6,11H,7-10,12H2,1-3H3. The van der Waals surface area contributed by atoms with Crippen LogP contribution in [0.4, 0.5) is 5.69 Å². The minimum absolute atomic E-state index is 0.124. The van der Waals surface area contributed by atoms with Crippen LogP contribution in [0, 0.1) is 15.5 Å². The summed E-state index contributed by atoms with van der Waals surface area (Å²) in [6.45, 7) is 9.50. The second kappa shape index (κ2) is 6.44. The lowest BCUT2D eigenvalue weighted by molar-refractivity contribution is -0.384. The second-order valence-corrected chi connectivity index (χ2v) is 6.75. The summed E-state index contributed by atoms with van der Waals surface area (Å²) in [6.07, 6.45) is 0. The third-order valence-corrected chi connectivity index (χ3v) is 3.83. The smallest absolute Gasteiger partial charge is 0.269 e. The number of benzene rings is 1. The molecule has 1 aliphatic heterocycles. The lowest BCUT2D eigenvalue weighted by Crippen LogP contribution is -2.51. The van der Waals surface area contributed by atoms with Gasteiger partial charge in [0.05, 0.1) is 4.92 Å². The van der Waals surface area contributed by atoms with Gasteiger partial charge in [-0.2, -0.15) is 0 Å². The molecule has 6 heteroatoms. The number of amides is 1. The van der Waals surface area contributed by atoms with Crippen LogP contribution in [-0.2, 0) is 11.3 Å². The van der Waals surface area contributed by atoms with Crippen LogP contribution < -0.4 is 0 Å². The molecule has 0 saturated carbocycles. The summed E-state index contributed by atoms with van der Waals surface area (Å²) in [5, 5.41) is 10.8. The van der Waals surface area contributed by atoms with E-state index in [0.717, 1.165) is 18.7 Å². The zero-order valence-electron chi connectivity index (χ0n) is 13.4. The van der Waals surface area contributed by atoms with Crippen LogP contribution in [0.5, 0.6) is 0 Å². The predicted molar refractivity (Wildman–Crippen MR) is 84.4 cm³/mol. The number of non-ortho nitro benzene ring substituents is 1. The number of nitro benzene ring substituents is 1. The average Bonchev–Trinajstić information content (AvgIpc) is 2.46. The highest BCUT2D eigenvalue weighted by Crippen LogP contribution is 2.20. The molecule has 0 aromatic heterocycles. The largest absolute Gasteiger partial charge is 0.340 e. The number of nitrogens with zero attached hydrogens (tertiary/aromatic N) is 3. The van der Waals surface area contributed by atoms with E-state index in [9.17, 15) is 14.9 Å². The Bertz CT molecular complexity index is 558. The molecule has 0 N–H and O–H groups in total. The van der Waals surface area contributed by atoms with Crippen molar-refractivity contribution in [1.29, 1.82) is 0 Å². The van der Waals surface area contributed by atoms with E-state index in [1.54, 1.807) is 12.1 Å². The third kappa shape index (κ3) is 4.04. The van der Waals surface area contributed by atoms with Crippen LogP contribution in [-0.4, -0.2) is 46.8 Å². The lowest BCUT2D eigenvalue weighted by Gasteiger charge is -2.37. The van der Waals surface area contributed by atoms with Gasteiger partial charge in [-0.15, -0.1) is 0 Å². The number of carbonyl (C=O) groups is 1. The van der Waals surface area contributed by atoms with Crippen molar-refractivity contribution in [2.24, 2.45) is 5.41 Å². The fourth-order valence-corrected chi connectivity index (χ4v) is 2.61. The summed E-state index contributed by atoms with van der Waals surface area (Å²) < 4.78 is 0. The number of hydrogen-bond acceptors (Lipinski definition) is 4. The number of nitro groups is 1. The molecular weight excluding hydrogens is 282 g/mol. The highest BCUT2D eigenvalue weighted by atomic mass is 16.6. The van der Waals surface area contributed by atoms with Gasteiger partial charge in [-0.3, -0.25) is 19.8 Å². The van der Waals surface area contributed by atoms with Crippen LogP contribution in [0.1, 0.15) is 26.3 Å². The van der Waals surface area contributed by atoms with Crippen LogP contribution in [0.25, 0.3) is 0 Å². The Morgan fingerprint density at radius 1 is 1.23 bits per heavy atom. The Kier molecular flexibility index (Phi) is 4.81. The summed E-state index contributed by atoms with van der Waals surface area (Å²) in [7, 11) is 0.